The molecule has 1 aromatic rings. The number of anilines is 1. The first-order valence-corrected chi connectivity index (χ1v) is 6.51. The molecule has 1 amide bonds. The maximum absolute atomic E-state index is 14.1. The van der Waals surface area contributed by atoms with E-state index in [9.17, 15) is 14.3 Å². The maximum Gasteiger partial charge on any atom is 0.222 e. The number of carbonyl (C=O) groups is 1. The zero-order valence-electron chi connectivity index (χ0n) is 11.0. The minimum atomic E-state index is -0.750. The zero-order valence-corrected chi connectivity index (χ0v) is 11.0. The molecule has 0 saturated carbocycles. The van der Waals surface area contributed by atoms with E-state index in [1.54, 1.807) is 19.1 Å². The van der Waals surface area contributed by atoms with Gasteiger partial charge in [-0.1, -0.05) is 12.1 Å². The Bertz CT molecular complexity index is 477. The predicted molar refractivity (Wildman–Crippen MR) is 71.2 cm³/mol. The van der Waals surface area contributed by atoms with Crippen LogP contribution in [0.25, 0.3) is 0 Å². The summed E-state index contributed by atoms with van der Waals surface area (Å²) < 4.78 is 14.1. The van der Waals surface area contributed by atoms with Gasteiger partial charge in [0.2, 0.25) is 5.91 Å². The van der Waals surface area contributed by atoms with E-state index < -0.39 is 6.10 Å². The van der Waals surface area contributed by atoms with Crippen LogP contribution >= 0.6 is 0 Å². The second-order valence-electron chi connectivity index (χ2n) is 5.04. The zero-order chi connectivity index (χ0) is 14.0. The number of halogens is 1. The van der Waals surface area contributed by atoms with Crippen LogP contribution in [0.3, 0.4) is 0 Å². The summed E-state index contributed by atoms with van der Waals surface area (Å²) in [4.78, 5) is 13.1. The van der Waals surface area contributed by atoms with Crippen LogP contribution in [0.4, 0.5) is 10.1 Å². The molecule has 0 radical (unpaired) electrons. The Balaban J connectivity index is 2.33. The fourth-order valence-corrected chi connectivity index (χ4v) is 2.62. The Morgan fingerprint density at radius 2 is 2.32 bits per heavy atom. The summed E-state index contributed by atoms with van der Waals surface area (Å²) in [5.41, 5.74) is 6.27. The van der Waals surface area contributed by atoms with E-state index in [0.29, 0.717) is 24.3 Å². The molecule has 1 fully saturated rings. The first-order chi connectivity index (χ1) is 9.00. The number of piperidine rings is 1. The Kier molecular flexibility index (Phi) is 4.04. The molecule has 1 saturated heterocycles. The number of aliphatic hydroxyl groups excluding tert-OH is 1. The van der Waals surface area contributed by atoms with Crippen molar-refractivity contribution in [2.75, 3.05) is 18.0 Å². The van der Waals surface area contributed by atoms with Gasteiger partial charge in [0.25, 0.3) is 0 Å². The van der Waals surface area contributed by atoms with Gasteiger partial charge >= 0.3 is 0 Å². The lowest BCUT2D eigenvalue weighted by Gasteiger charge is -2.34. The van der Waals surface area contributed by atoms with Crippen molar-refractivity contribution in [2.24, 2.45) is 11.7 Å². The molecule has 1 heterocycles. The summed E-state index contributed by atoms with van der Waals surface area (Å²) in [6.07, 6.45) is 0.783. The van der Waals surface area contributed by atoms with Gasteiger partial charge in [-0.05, 0) is 25.8 Å². The average Bonchev–Trinajstić information content (AvgIpc) is 2.38. The molecule has 104 valence electrons. The smallest absolute Gasteiger partial charge is 0.222 e. The number of nitrogens with two attached hydrogens (primary N) is 1. The van der Waals surface area contributed by atoms with Crippen LogP contribution in [0, 0.1) is 11.7 Å². The lowest BCUT2D eigenvalue weighted by molar-refractivity contribution is -0.122. The van der Waals surface area contributed by atoms with Crippen LogP contribution in [0.1, 0.15) is 31.4 Å². The number of amides is 1. The Morgan fingerprint density at radius 3 is 2.95 bits per heavy atom. The molecule has 1 aromatic carbocycles. The third-order valence-corrected chi connectivity index (χ3v) is 3.61. The number of benzene rings is 1. The third-order valence-electron chi connectivity index (χ3n) is 3.61. The van der Waals surface area contributed by atoms with Gasteiger partial charge in [0.05, 0.1) is 17.7 Å². The molecule has 0 bridgehead atoms. The van der Waals surface area contributed by atoms with Gasteiger partial charge in [-0.3, -0.25) is 4.79 Å². The van der Waals surface area contributed by atoms with E-state index in [-0.39, 0.29) is 17.6 Å². The SMILES string of the molecule is C[C@H](O)c1cccc(F)c1N1CCCC(C(N)=O)C1. The number of carbonyl (C=O) groups excluding carboxylic acids is 1. The van der Waals surface area contributed by atoms with Crippen molar-refractivity contribution in [3.05, 3.63) is 29.6 Å². The quantitative estimate of drug-likeness (QED) is 0.873. The van der Waals surface area contributed by atoms with Gasteiger partial charge < -0.3 is 15.7 Å². The largest absolute Gasteiger partial charge is 0.389 e. The molecular weight excluding hydrogens is 247 g/mol. The second kappa shape index (κ2) is 5.57. The van der Waals surface area contributed by atoms with Gasteiger partial charge in [-0.15, -0.1) is 0 Å². The Hall–Kier alpha value is -1.62. The van der Waals surface area contributed by atoms with Gasteiger partial charge in [0.1, 0.15) is 5.82 Å². The minimum Gasteiger partial charge on any atom is -0.389 e. The number of primary amides is 1. The molecule has 5 heteroatoms. The molecule has 0 aromatic heterocycles. The molecule has 0 spiro atoms. The number of hydrogen-bond donors (Lipinski definition) is 2. The lowest BCUT2D eigenvalue weighted by Crippen LogP contribution is -2.42. The highest BCUT2D eigenvalue weighted by Crippen LogP contribution is 2.32. The van der Waals surface area contributed by atoms with Crippen molar-refractivity contribution in [2.45, 2.75) is 25.9 Å². The van der Waals surface area contributed by atoms with E-state index in [4.69, 9.17) is 5.73 Å². The molecule has 2 atom stereocenters. The van der Waals surface area contributed by atoms with Crippen LogP contribution in [-0.4, -0.2) is 24.1 Å². The number of para-hydroxylation sites is 1. The van der Waals surface area contributed by atoms with Gasteiger partial charge in [0.15, 0.2) is 0 Å². The molecule has 3 N–H and O–H groups in total. The van der Waals surface area contributed by atoms with Crippen LogP contribution in [0.2, 0.25) is 0 Å². The molecule has 1 unspecified atom stereocenters. The fraction of sp³-hybridized carbons (Fsp3) is 0.500. The normalized spacial score (nSPS) is 21.2. The van der Waals surface area contributed by atoms with Crippen molar-refractivity contribution in [1.82, 2.24) is 0 Å². The summed E-state index contributed by atoms with van der Waals surface area (Å²) in [7, 11) is 0. The number of rotatable bonds is 3. The van der Waals surface area contributed by atoms with E-state index in [1.807, 2.05) is 4.90 Å². The first kappa shape index (κ1) is 13.8. The molecule has 0 aliphatic carbocycles. The predicted octanol–water partition coefficient (Wildman–Crippen LogP) is 1.58. The highest BCUT2D eigenvalue weighted by atomic mass is 19.1. The summed E-state index contributed by atoms with van der Waals surface area (Å²) in [5.74, 6) is -0.974. The van der Waals surface area contributed by atoms with Gasteiger partial charge in [-0.2, -0.15) is 0 Å². The molecular formula is C14H19FN2O2. The second-order valence-corrected chi connectivity index (χ2v) is 5.04. The van der Waals surface area contributed by atoms with Crippen molar-refractivity contribution in [1.29, 1.82) is 0 Å². The highest BCUT2D eigenvalue weighted by molar-refractivity contribution is 5.77. The summed E-state index contributed by atoms with van der Waals surface area (Å²) >= 11 is 0. The van der Waals surface area contributed by atoms with Crippen molar-refractivity contribution >= 4 is 11.6 Å². The molecule has 2 rings (SSSR count). The lowest BCUT2D eigenvalue weighted by atomic mass is 9.95. The number of hydrogen-bond acceptors (Lipinski definition) is 3. The molecule has 1 aliphatic rings. The van der Waals surface area contributed by atoms with Gasteiger partial charge in [-0.25, -0.2) is 4.39 Å². The number of aliphatic hydroxyl groups is 1. The van der Waals surface area contributed by atoms with E-state index in [2.05, 4.69) is 0 Å². The first-order valence-electron chi connectivity index (χ1n) is 6.51. The Morgan fingerprint density at radius 1 is 1.58 bits per heavy atom. The van der Waals surface area contributed by atoms with Crippen LogP contribution in [0.15, 0.2) is 18.2 Å². The topological polar surface area (TPSA) is 66.6 Å². The van der Waals surface area contributed by atoms with E-state index >= 15 is 0 Å². The molecule has 4 nitrogen and oxygen atoms in total. The van der Waals surface area contributed by atoms with E-state index in [1.165, 1.54) is 6.07 Å². The summed E-state index contributed by atoms with van der Waals surface area (Å²) in [6.45, 7) is 2.69. The van der Waals surface area contributed by atoms with Crippen LogP contribution < -0.4 is 10.6 Å². The van der Waals surface area contributed by atoms with Crippen LogP contribution in [-0.2, 0) is 4.79 Å². The maximum atomic E-state index is 14.1. The summed E-state index contributed by atoms with van der Waals surface area (Å²) in [6, 6.07) is 4.66. The van der Waals surface area contributed by atoms with Crippen LogP contribution in [0.5, 0.6) is 0 Å². The third kappa shape index (κ3) is 2.87. The minimum absolute atomic E-state index is 0.254. The molecule has 1 aliphatic heterocycles. The number of nitrogens with zero attached hydrogens (tertiary/aromatic N) is 1. The van der Waals surface area contributed by atoms with E-state index in [0.717, 1.165) is 12.8 Å². The van der Waals surface area contributed by atoms with Crippen molar-refractivity contribution in [3.8, 4) is 0 Å². The average molecular weight is 266 g/mol. The summed E-state index contributed by atoms with van der Waals surface area (Å²) in [5, 5.41) is 9.75. The fourth-order valence-electron chi connectivity index (χ4n) is 2.62. The Labute approximate surface area is 112 Å². The van der Waals surface area contributed by atoms with Crippen molar-refractivity contribution < 1.29 is 14.3 Å². The molecule has 19 heavy (non-hydrogen) atoms. The van der Waals surface area contributed by atoms with Crippen molar-refractivity contribution in [3.63, 3.8) is 0 Å². The standard InChI is InChI=1S/C14H19FN2O2/c1-9(18)11-5-2-6-12(15)13(11)17-7-3-4-10(8-17)14(16)19/h2,5-6,9-10,18H,3-4,7-8H2,1H3,(H2,16,19)/t9-,10?/m0/s1. The van der Waals surface area contributed by atoms with Gasteiger partial charge in [0, 0.05) is 18.7 Å². The highest BCUT2D eigenvalue weighted by Gasteiger charge is 2.27. The monoisotopic (exact) mass is 266 g/mol.